The average Bonchev–Trinajstić information content (AvgIpc) is 2.22. The largest absolute Gasteiger partial charge is 0.416 e. The Hall–Kier alpha value is -1.10. The number of alkyl halides is 4. The number of hydrogen-bond donors (Lipinski definition) is 1. The van der Waals surface area contributed by atoms with E-state index >= 15 is 0 Å². The van der Waals surface area contributed by atoms with E-state index in [4.69, 9.17) is 0 Å². The molecule has 0 radical (unpaired) electrons. The molecule has 2 rings (SSSR count). The smallest absolute Gasteiger partial charge is 0.310 e. The highest BCUT2D eigenvalue weighted by molar-refractivity contribution is 5.24. The van der Waals surface area contributed by atoms with Crippen LogP contribution in [0.2, 0.25) is 0 Å². The van der Waals surface area contributed by atoms with E-state index in [-0.39, 0.29) is 6.04 Å². The summed E-state index contributed by atoms with van der Waals surface area (Å²) in [6, 6.07) is 5.18. The van der Waals surface area contributed by atoms with E-state index < -0.39 is 17.9 Å². The molecule has 1 aromatic carbocycles. The van der Waals surface area contributed by atoms with Gasteiger partial charge in [0.05, 0.1) is 5.56 Å². The fourth-order valence-electron chi connectivity index (χ4n) is 1.79. The van der Waals surface area contributed by atoms with Crippen LogP contribution >= 0.6 is 0 Å². The molecule has 94 valence electrons. The summed E-state index contributed by atoms with van der Waals surface area (Å²) in [7, 11) is 0. The van der Waals surface area contributed by atoms with Crippen LogP contribution in [-0.4, -0.2) is 12.2 Å². The van der Waals surface area contributed by atoms with Gasteiger partial charge in [-0.1, -0.05) is 12.1 Å². The van der Waals surface area contributed by atoms with Crippen LogP contribution in [0.5, 0.6) is 0 Å². The molecule has 1 saturated carbocycles. The molecule has 1 aromatic rings. The molecular weight excluding hydrogens is 234 g/mol. The molecule has 1 nitrogen and oxygen atoms in total. The first-order valence-corrected chi connectivity index (χ1v) is 5.49. The van der Waals surface area contributed by atoms with Gasteiger partial charge >= 0.3 is 6.18 Å². The molecule has 0 spiro atoms. The third-order valence-corrected chi connectivity index (χ3v) is 2.96. The summed E-state index contributed by atoms with van der Waals surface area (Å²) in [5.74, 6) is 0. The van der Waals surface area contributed by atoms with Crippen LogP contribution < -0.4 is 5.32 Å². The van der Waals surface area contributed by atoms with Crippen LogP contribution in [0.3, 0.4) is 0 Å². The van der Waals surface area contributed by atoms with Crippen molar-refractivity contribution in [2.24, 2.45) is 0 Å². The normalized spacial score (nSPS) is 24.5. The molecule has 0 bridgehead atoms. The van der Waals surface area contributed by atoms with Gasteiger partial charge in [-0.25, -0.2) is 4.39 Å². The first-order valence-electron chi connectivity index (χ1n) is 5.49. The van der Waals surface area contributed by atoms with Crippen molar-refractivity contribution < 1.29 is 17.6 Å². The van der Waals surface area contributed by atoms with Gasteiger partial charge in [-0.15, -0.1) is 0 Å². The summed E-state index contributed by atoms with van der Waals surface area (Å²) >= 11 is 0. The van der Waals surface area contributed by atoms with E-state index in [1.54, 1.807) is 0 Å². The molecular formula is C12H13F4N. The molecule has 0 aromatic heterocycles. The lowest BCUT2D eigenvalue weighted by molar-refractivity contribution is -0.137. The third-order valence-electron chi connectivity index (χ3n) is 2.96. The van der Waals surface area contributed by atoms with Crippen LogP contribution in [0.1, 0.15) is 24.0 Å². The van der Waals surface area contributed by atoms with Crippen LogP contribution in [0, 0.1) is 0 Å². The monoisotopic (exact) mass is 247 g/mol. The Balaban J connectivity index is 1.86. The lowest BCUT2D eigenvalue weighted by Crippen LogP contribution is -2.41. The summed E-state index contributed by atoms with van der Waals surface area (Å²) in [6.07, 6.45) is -4.01. The van der Waals surface area contributed by atoms with E-state index in [9.17, 15) is 17.6 Å². The van der Waals surface area contributed by atoms with Crippen molar-refractivity contribution >= 4 is 0 Å². The van der Waals surface area contributed by atoms with Crippen molar-refractivity contribution in [3.05, 3.63) is 35.4 Å². The highest BCUT2D eigenvalue weighted by atomic mass is 19.4. The zero-order valence-corrected chi connectivity index (χ0v) is 9.10. The minimum absolute atomic E-state index is 0.160. The lowest BCUT2D eigenvalue weighted by atomic mass is 9.90. The van der Waals surface area contributed by atoms with E-state index in [1.807, 2.05) is 0 Å². The summed E-state index contributed by atoms with van der Waals surface area (Å²) < 4.78 is 49.4. The first kappa shape index (κ1) is 12.4. The molecule has 0 atom stereocenters. The van der Waals surface area contributed by atoms with Gasteiger partial charge in [0.2, 0.25) is 0 Å². The Bertz CT molecular complexity index is 365. The molecule has 0 aliphatic heterocycles. The van der Waals surface area contributed by atoms with Crippen molar-refractivity contribution in [3.8, 4) is 0 Å². The van der Waals surface area contributed by atoms with Crippen LogP contribution in [-0.2, 0) is 12.7 Å². The van der Waals surface area contributed by atoms with Crippen LogP contribution in [0.4, 0.5) is 17.6 Å². The maximum absolute atomic E-state index is 12.5. The highest BCUT2D eigenvalue weighted by Gasteiger charge is 2.30. The lowest BCUT2D eigenvalue weighted by Gasteiger charge is -2.30. The van der Waals surface area contributed by atoms with E-state index in [2.05, 4.69) is 5.32 Å². The van der Waals surface area contributed by atoms with Gasteiger partial charge in [-0.05, 0) is 30.5 Å². The Morgan fingerprint density at radius 3 is 2.18 bits per heavy atom. The predicted octanol–water partition coefficient (Wildman–Crippen LogP) is 3.30. The van der Waals surface area contributed by atoms with Crippen molar-refractivity contribution in [2.45, 2.75) is 37.8 Å². The molecule has 1 aliphatic carbocycles. The first-order chi connectivity index (χ1) is 7.95. The fraction of sp³-hybridized carbons (Fsp3) is 0.500. The summed E-state index contributed by atoms with van der Waals surface area (Å²) in [6.45, 7) is 0.482. The third kappa shape index (κ3) is 3.19. The molecule has 0 saturated heterocycles. The van der Waals surface area contributed by atoms with Gasteiger partial charge in [0, 0.05) is 12.6 Å². The van der Waals surface area contributed by atoms with Crippen molar-refractivity contribution in [3.63, 3.8) is 0 Å². The second kappa shape index (κ2) is 4.64. The van der Waals surface area contributed by atoms with Gasteiger partial charge < -0.3 is 5.32 Å². The number of rotatable bonds is 3. The second-order valence-corrected chi connectivity index (χ2v) is 4.34. The quantitative estimate of drug-likeness (QED) is 0.808. The standard InChI is InChI=1S/C12H13F4N/c13-10-5-11(6-10)17-7-8-1-3-9(4-2-8)12(14,15)16/h1-4,10-11,17H,5-7H2/t10-,11+. The summed E-state index contributed by atoms with van der Waals surface area (Å²) in [5.41, 5.74) is 0.133. The number of nitrogens with one attached hydrogen (secondary N) is 1. The Kier molecular flexibility index (Phi) is 3.38. The number of benzene rings is 1. The van der Waals surface area contributed by atoms with Gasteiger partial charge in [0.15, 0.2) is 0 Å². The Morgan fingerprint density at radius 1 is 1.12 bits per heavy atom. The number of hydrogen-bond acceptors (Lipinski definition) is 1. The summed E-state index contributed by atoms with van der Waals surface area (Å²) in [4.78, 5) is 0. The van der Waals surface area contributed by atoms with Gasteiger partial charge in [-0.2, -0.15) is 13.2 Å². The molecule has 0 heterocycles. The van der Waals surface area contributed by atoms with Crippen LogP contribution in [0.25, 0.3) is 0 Å². The summed E-state index contributed by atoms with van der Waals surface area (Å²) in [5, 5.41) is 3.10. The minimum atomic E-state index is -4.29. The van der Waals surface area contributed by atoms with Gasteiger partial charge in [-0.3, -0.25) is 0 Å². The Labute approximate surface area is 96.8 Å². The molecule has 5 heteroatoms. The molecule has 1 fully saturated rings. The zero-order valence-electron chi connectivity index (χ0n) is 9.10. The van der Waals surface area contributed by atoms with Crippen molar-refractivity contribution in [1.82, 2.24) is 5.32 Å². The topological polar surface area (TPSA) is 12.0 Å². The number of halogens is 4. The minimum Gasteiger partial charge on any atom is -0.310 e. The van der Waals surface area contributed by atoms with Crippen LogP contribution in [0.15, 0.2) is 24.3 Å². The van der Waals surface area contributed by atoms with E-state index in [1.165, 1.54) is 12.1 Å². The highest BCUT2D eigenvalue weighted by Crippen LogP contribution is 2.29. The maximum atomic E-state index is 12.5. The van der Waals surface area contributed by atoms with Gasteiger partial charge in [0.25, 0.3) is 0 Å². The van der Waals surface area contributed by atoms with Crippen molar-refractivity contribution in [2.75, 3.05) is 0 Å². The fourth-order valence-corrected chi connectivity index (χ4v) is 1.79. The maximum Gasteiger partial charge on any atom is 0.416 e. The van der Waals surface area contributed by atoms with Gasteiger partial charge in [0.1, 0.15) is 6.17 Å². The Morgan fingerprint density at radius 2 is 1.71 bits per heavy atom. The SMILES string of the molecule is FC(F)(F)c1ccc(CN[C@H]2C[C@@H](F)C2)cc1. The molecule has 1 N–H and O–H groups in total. The average molecular weight is 247 g/mol. The molecule has 17 heavy (non-hydrogen) atoms. The second-order valence-electron chi connectivity index (χ2n) is 4.34. The predicted molar refractivity (Wildman–Crippen MR) is 56.2 cm³/mol. The molecule has 0 amide bonds. The zero-order chi connectivity index (χ0) is 12.5. The molecule has 0 unspecified atom stereocenters. The van der Waals surface area contributed by atoms with E-state index in [0.717, 1.165) is 17.7 Å². The molecule has 1 aliphatic rings. The van der Waals surface area contributed by atoms with E-state index in [0.29, 0.717) is 19.4 Å². The van der Waals surface area contributed by atoms with Crippen molar-refractivity contribution in [1.29, 1.82) is 0 Å².